The van der Waals surface area contributed by atoms with E-state index >= 15 is 0 Å². The molecular weight excluding hydrogens is 440 g/mol. The standard InChI is InChI=1S/C24H19ClN6O2/c1-32-22-12-16(10-11-21(22)33-14-17-6-2-5-9-20(17)25)13-26-28-23-18-7-3-4-8-19(18)24-29-27-15-31(24)30-23/h2-13,15H,14H2,1H3,(H,28,30). The van der Waals surface area contributed by atoms with E-state index in [9.17, 15) is 0 Å². The van der Waals surface area contributed by atoms with Gasteiger partial charge in [0.25, 0.3) is 0 Å². The van der Waals surface area contributed by atoms with Crippen molar-refractivity contribution >= 4 is 40.1 Å². The number of halogens is 1. The molecule has 5 rings (SSSR count). The summed E-state index contributed by atoms with van der Waals surface area (Å²) in [5.41, 5.74) is 5.45. The molecule has 1 N–H and O–H groups in total. The van der Waals surface area contributed by atoms with Crippen molar-refractivity contribution in [1.82, 2.24) is 19.8 Å². The van der Waals surface area contributed by atoms with Crippen molar-refractivity contribution in [3.05, 3.63) is 89.2 Å². The Hall–Kier alpha value is -4.17. The average Bonchev–Trinajstić information content (AvgIpc) is 3.33. The van der Waals surface area contributed by atoms with E-state index in [1.165, 1.54) is 0 Å². The number of nitrogens with zero attached hydrogens (tertiary/aromatic N) is 5. The Morgan fingerprint density at radius 3 is 2.70 bits per heavy atom. The molecule has 0 saturated carbocycles. The molecule has 0 aliphatic rings. The van der Waals surface area contributed by atoms with Crippen molar-refractivity contribution in [3.63, 3.8) is 0 Å². The lowest BCUT2D eigenvalue weighted by Crippen LogP contribution is -2.01. The summed E-state index contributed by atoms with van der Waals surface area (Å²) < 4.78 is 13.0. The molecule has 0 spiro atoms. The highest BCUT2D eigenvalue weighted by Gasteiger charge is 2.10. The first-order valence-electron chi connectivity index (χ1n) is 10.1. The second kappa shape index (κ2) is 9.13. The minimum Gasteiger partial charge on any atom is -0.493 e. The first-order chi connectivity index (χ1) is 16.2. The quantitative estimate of drug-likeness (QED) is 0.274. The smallest absolute Gasteiger partial charge is 0.185 e. The topological polar surface area (TPSA) is 85.9 Å². The molecule has 0 amide bonds. The highest BCUT2D eigenvalue weighted by atomic mass is 35.5. The highest BCUT2D eigenvalue weighted by Crippen LogP contribution is 2.29. The molecule has 33 heavy (non-hydrogen) atoms. The predicted molar refractivity (Wildman–Crippen MR) is 128 cm³/mol. The number of hydrogen-bond donors (Lipinski definition) is 1. The predicted octanol–water partition coefficient (Wildman–Crippen LogP) is 4.96. The normalized spacial score (nSPS) is 11.3. The molecule has 5 aromatic rings. The summed E-state index contributed by atoms with van der Waals surface area (Å²) in [4.78, 5) is 0. The van der Waals surface area contributed by atoms with E-state index in [0.717, 1.165) is 21.9 Å². The first kappa shape index (κ1) is 20.7. The number of nitrogens with one attached hydrogen (secondary N) is 1. The Morgan fingerprint density at radius 1 is 1.03 bits per heavy atom. The molecule has 0 radical (unpaired) electrons. The van der Waals surface area contributed by atoms with E-state index in [-0.39, 0.29) is 0 Å². The maximum absolute atomic E-state index is 6.21. The molecule has 2 aromatic heterocycles. The van der Waals surface area contributed by atoms with E-state index in [4.69, 9.17) is 21.1 Å². The number of hydrazone groups is 1. The van der Waals surface area contributed by atoms with Gasteiger partial charge >= 0.3 is 0 Å². The lowest BCUT2D eigenvalue weighted by molar-refractivity contribution is 0.284. The van der Waals surface area contributed by atoms with Gasteiger partial charge in [0.15, 0.2) is 23.0 Å². The van der Waals surface area contributed by atoms with Crippen LogP contribution in [0.4, 0.5) is 5.82 Å². The maximum Gasteiger partial charge on any atom is 0.185 e. The minimum atomic E-state index is 0.343. The molecule has 0 bridgehead atoms. The molecule has 9 heteroatoms. The highest BCUT2D eigenvalue weighted by molar-refractivity contribution is 6.31. The van der Waals surface area contributed by atoms with Gasteiger partial charge in [-0.1, -0.05) is 54.1 Å². The van der Waals surface area contributed by atoms with Gasteiger partial charge in [0.05, 0.1) is 13.3 Å². The number of anilines is 1. The van der Waals surface area contributed by atoms with Crippen LogP contribution in [0.15, 0.2) is 78.2 Å². The van der Waals surface area contributed by atoms with Gasteiger partial charge in [0.1, 0.15) is 12.9 Å². The molecule has 8 nitrogen and oxygen atoms in total. The lowest BCUT2D eigenvalue weighted by Gasteiger charge is -2.12. The summed E-state index contributed by atoms with van der Waals surface area (Å²) in [6, 6.07) is 21.0. The number of aromatic nitrogens is 4. The van der Waals surface area contributed by atoms with Crippen LogP contribution in [-0.4, -0.2) is 33.1 Å². The van der Waals surface area contributed by atoms with E-state index < -0.39 is 0 Å². The summed E-state index contributed by atoms with van der Waals surface area (Å²) in [6.07, 6.45) is 3.25. The largest absolute Gasteiger partial charge is 0.493 e. The summed E-state index contributed by atoms with van der Waals surface area (Å²) in [5.74, 6) is 1.81. The molecule has 0 aliphatic carbocycles. The zero-order valence-corrected chi connectivity index (χ0v) is 18.4. The minimum absolute atomic E-state index is 0.343. The van der Waals surface area contributed by atoms with Crippen molar-refractivity contribution in [2.24, 2.45) is 5.10 Å². The van der Waals surface area contributed by atoms with Crippen LogP contribution in [0.3, 0.4) is 0 Å². The fourth-order valence-corrected chi connectivity index (χ4v) is 3.62. The summed E-state index contributed by atoms with van der Waals surface area (Å²) in [5, 5.41) is 19.4. The van der Waals surface area contributed by atoms with Crippen LogP contribution >= 0.6 is 11.6 Å². The van der Waals surface area contributed by atoms with Gasteiger partial charge in [-0.15, -0.1) is 15.3 Å². The van der Waals surface area contributed by atoms with Crippen molar-refractivity contribution in [2.75, 3.05) is 12.5 Å². The average molecular weight is 459 g/mol. The Morgan fingerprint density at radius 2 is 1.85 bits per heavy atom. The summed E-state index contributed by atoms with van der Waals surface area (Å²) >= 11 is 6.21. The van der Waals surface area contributed by atoms with Crippen LogP contribution < -0.4 is 14.9 Å². The van der Waals surface area contributed by atoms with Crippen LogP contribution in [0.5, 0.6) is 11.5 Å². The van der Waals surface area contributed by atoms with E-state index in [1.54, 1.807) is 24.2 Å². The monoisotopic (exact) mass is 458 g/mol. The number of benzene rings is 3. The number of fused-ring (bicyclic) bond motifs is 3. The van der Waals surface area contributed by atoms with Crippen LogP contribution in [0.2, 0.25) is 5.02 Å². The Bertz CT molecular complexity index is 1470. The van der Waals surface area contributed by atoms with Gasteiger partial charge in [-0.25, -0.2) is 0 Å². The number of methoxy groups -OCH3 is 1. The first-order valence-corrected chi connectivity index (χ1v) is 10.5. The maximum atomic E-state index is 6.21. The fourth-order valence-electron chi connectivity index (χ4n) is 3.43. The van der Waals surface area contributed by atoms with Crippen LogP contribution in [0.1, 0.15) is 11.1 Å². The Labute approximate surface area is 194 Å². The molecule has 0 fully saturated rings. The molecular formula is C24H19ClN6O2. The van der Waals surface area contributed by atoms with E-state index in [0.29, 0.717) is 34.6 Å². The number of hydrogen-bond acceptors (Lipinski definition) is 7. The van der Waals surface area contributed by atoms with Gasteiger partial charge in [0, 0.05) is 21.4 Å². The van der Waals surface area contributed by atoms with Gasteiger partial charge in [-0.2, -0.15) is 9.62 Å². The molecule has 0 atom stereocenters. The second-order valence-electron chi connectivity index (χ2n) is 7.15. The molecule has 0 saturated heterocycles. The van der Waals surface area contributed by atoms with Crippen molar-refractivity contribution < 1.29 is 9.47 Å². The van der Waals surface area contributed by atoms with Crippen molar-refractivity contribution in [3.8, 4) is 11.5 Å². The van der Waals surface area contributed by atoms with Crippen LogP contribution in [0.25, 0.3) is 16.4 Å². The van der Waals surface area contributed by atoms with E-state index in [1.807, 2.05) is 66.7 Å². The third-order valence-corrected chi connectivity index (χ3v) is 5.44. The SMILES string of the molecule is COc1cc(C=NNc2nn3cnnc3c3ccccc23)ccc1OCc1ccccc1Cl. The molecule has 164 valence electrons. The summed E-state index contributed by atoms with van der Waals surface area (Å²) in [7, 11) is 1.60. The van der Waals surface area contributed by atoms with Gasteiger partial charge in [0.2, 0.25) is 0 Å². The van der Waals surface area contributed by atoms with Gasteiger partial charge in [-0.3, -0.25) is 5.43 Å². The molecule has 2 heterocycles. The zero-order valence-electron chi connectivity index (χ0n) is 17.6. The van der Waals surface area contributed by atoms with Gasteiger partial charge in [-0.05, 0) is 29.8 Å². The number of rotatable bonds is 7. The van der Waals surface area contributed by atoms with Crippen molar-refractivity contribution in [1.29, 1.82) is 0 Å². The van der Waals surface area contributed by atoms with Crippen LogP contribution in [-0.2, 0) is 6.61 Å². The molecule has 3 aromatic carbocycles. The Balaban J connectivity index is 1.34. The van der Waals surface area contributed by atoms with Gasteiger partial charge < -0.3 is 9.47 Å². The number of ether oxygens (including phenoxy) is 2. The Kier molecular flexibility index (Phi) is 5.73. The third kappa shape index (κ3) is 4.28. The molecule has 0 unspecified atom stereocenters. The fraction of sp³-hybridized carbons (Fsp3) is 0.0833. The second-order valence-corrected chi connectivity index (χ2v) is 7.56. The molecule has 0 aliphatic heterocycles. The van der Waals surface area contributed by atoms with Crippen molar-refractivity contribution in [2.45, 2.75) is 6.61 Å². The summed E-state index contributed by atoms with van der Waals surface area (Å²) in [6.45, 7) is 0.343. The van der Waals surface area contributed by atoms with E-state index in [2.05, 4.69) is 25.8 Å². The van der Waals surface area contributed by atoms with Crippen LogP contribution in [0, 0.1) is 0 Å². The third-order valence-electron chi connectivity index (χ3n) is 5.07. The zero-order chi connectivity index (χ0) is 22.6. The lowest BCUT2D eigenvalue weighted by atomic mass is 10.2.